The van der Waals surface area contributed by atoms with Gasteiger partial charge in [0.05, 0.1) is 5.75 Å². The van der Waals surface area contributed by atoms with Crippen LogP contribution >= 0.6 is 0 Å². The van der Waals surface area contributed by atoms with E-state index in [2.05, 4.69) is 4.72 Å². The second kappa shape index (κ2) is 8.73. The number of ether oxygens (including phenoxy) is 1. The van der Waals surface area contributed by atoms with E-state index in [0.717, 1.165) is 12.1 Å². The number of hydrogen-bond acceptors (Lipinski definition) is 5. The number of carbonyl (C=O) groups is 2. The lowest BCUT2D eigenvalue weighted by Crippen LogP contribution is -2.41. The smallest absolute Gasteiger partial charge is 0.324 e. The van der Waals surface area contributed by atoms with E-state index >= 15 is 0 Å². The van der Waals surface area contributed by atoms with Crippen LogP contribution in [0.5, 0.6) is 0 Å². The number of carbonyl (C=O) groups excluding carboxylic acids is 2. The number of esters is 1. The van der Waals surface area contributed by atoms with E-state index < -0.39 is 40.2 Å². The van der Waals surface area contributed by atoms with Crippen molar-refractivity contribution in [1.82, 2.24) is 4.72 Å². The number of benzene rings is 1. The molecule has 0 heterocycles. The Balaban J connectivity index is 2.49. The highest BCUT2D eigenvalue weighted by Crippen LogP contribution is 2.04. The van der Waals surface area contributed by atoms with Crippen molar-refractivity contribution in [2.75, 3.05) is 12.4 Å². The van der Waals surface area contributed by atoms with Crippen molar-refractivity contribution < 1.29 is 27.1 Å². The Morgan fingerprint density at radius 1 is 1.26 bits per heavy atom. The molecule has 0 fully saturated rings. The molecule has 0 aliphatic heterocycles. The number of halogens is 1. The van der Waals surface area contributed by atoms with Crippen LogP contribution in [0.15, 0.2) is 24.3 Å². The van der Waals surface area contributed by atoms with Crippen LogP contribution in [0.3, 0.4) is 0 Å². The minimum atomic E-state index is -3.56. The molecule has 0 saturated heterocycles. The summed E-state index contributed by atoms with van der Waals surface area (Å²) >= 11 is 0. The van der Waals surface area contributed by atoms with Gasteiger partial charge in [-0.05, 0) is 37.6 Å². The molecule has 0 amide bonds. The number of ketones is 1. The van der Waals surface area contributed by atoms with Crippen molar-refractivity contribution >= 4 is 21.8 Å². The second-order valence-electron chi connectivity index (χ2n) is 5.05. The maximum Gasteiger partial charge on any atom is 0.324 e. The molecule has 0 aliphatic rings. The minimum Gasteiger partial charge on any atom is -0.456 e. The largest absolute Gasteiger partial charge is 0.456 e. The van der Waals surface area contributed by atoms with Crippen LogP contribution in [0.2, 0.25) is 0 Å². The van der Waals surface area contributed by atoms with E-state index in [4.69, 9.17) is 4.74 Å². The number of rotatable bonds is 9. The van der Waals surface area contributed by atoms with Crippen molar-refractivity contribution in [1.29, 1.82) is 0 Å². The molecule has 0 saturated carbocycles. The zero-order chi connectivity index (χ0) is 17.5. The Kier molecular flexibility index (Phi) is 7.31. The molecule has 0 aromatic heterocycles. The van der Waals surface area contributed by atoms with Crippen molar-refractivity contribution in [2.45, 2.75) is 32.7 Å². The molecule has 1 atom stereocenters. The van der Waals surface area contributed by atoms with Gasteiger partial charge in [-0.2, -0.15) is 0 Å². The Bertz CT molecular complexity index is 642. The number of sulfonamides is 1. The van der Waals surface area contributed by atoms with Crippen LogP contribution in [0.1, 0.15) is 37.0 Å². The van der Waals surface area contributed by atoms with E-state index in [-0.39, 0.29) is 11.3 Å². The SMILES string of the molecule is CCCCS(=O)(=O)N[C@@H](C)C(=O)OCC(=O)c1ccc(F)cc1. The van der Waals surface area contributed by atoms with E-state index in [1.165, 1.54) is 19.1 Å². The molecule has 23 heavy (non-hydrogen) atoms. The highest BCUT2D eigenvalue weighted by Gasteiger charge is 2.22. The summed E-state index contributed by atoms with van der Waals surface area (Å²) in [7, 11) is -3.56. The first-order valence-electron chi connectivity index (χ1n) is 7.20. The lowest BCUT2D eigenvalue weighted by atomic mass is 10.1. The fourth-order valence-corrected chi connectivity index (χ4v) is 3.11. The van der Waals surface area contributed by atoms with Crippen molar-refractivity contribution in [3.05, 3.63) is 35.6 Å². The van der Waals surface area contributed by atoms with Gasteiger partial charge in [-0.1, -0.05) is 13.3 Å². The van der Waals surface area contributed by atoms with Gasteiger partial charge in [0.15, 0.2) is 12.4 Å². The average Bonchev–Trinajstić information content (AvgIpc) is 2.50. The molecule has 0 radical (unpaired) electrons. The number of unbranched alkanes of at least 4 members (excludes halogenated alkanes) is 1. The lowest BCUT2D eigenvalue weighted by Gasteiger charge is -2.13. The Labute approximate surface area is 135 Å². The number of nitrogens with one attached hydrogen (secondary N) is 1. The first-order valence-corrected chi connectivity index (χ1v) is 8.86. The molecular weight excluding hydrogens is 325 g/mol. The van der Waals surface area contributed by atoms with Crippen LogP contribution in [-0.4, -0.2) is 38.6 Å². The maximum atomic E-state index is 12.8. The van der Waals surface area contributed by atoms with E-state index in [1.807, 2.05) is 6.92 Å². The first-order chi connectivity index (χ1) is 10.7. The van der Waals surface area contributed by atoms with Gasteiger partial charge >= 0.3 is 5.97 Å². The van der Waals surface area contributed by atoms with Gasteiger partial charge < -0.3 is 4.74 Å². The van der Waals surface area contributed by atoms with Gasteiger partial charge in [0.2, 0.25) is 10.0 Å². The molecule has 8 heteroatoms. The van der Waals surface area contributed by atoms with Crippen LogP contribution in [0.4, 0.5) is 4.39 Å². The van der Waals surface area contributed by atoms with Gasteiger partial charge in [0.1, 0.15) is 11.9 Å². The van der Waals surface area contributed by atoms with Gasteiger partial charge in [-0.3, -0.25) is 9.59 Å². The van der Waals surface area contributed by atoms with Gasteiger partial charge in [-0.25, -0.2) is 17.5 Å². The Morgan fingerprint density at radius 2 is 1.87 bits per heavy atom. The van der Waals surface area contributed by atoms with Crippen LogP contribution in [0, 0.1) is 5.82 Å². The molecule has 0 unspecified atom stereocenters. The third-order valence-electron chi connectivity index (χ3n) is 2.99. The van der Waals surface area contributed by atoms with Crippen molar-refractivity contribution in [2.24, 2.45) is 0 Å². The fourth-order valence-electron chi connectivity index (χ4n) is 1.69. The maximum absolute atomic E-state index is 12.8. The molecule has 0 aliphatic carbocycles. The van der Waals surface area contributed by atoms with Crippen molar-refractivity contribution in [3.8, 4) is 0 Å². The summed E-state index contributed by atoms with van der Waals surface area (Å²) in [6.45, 7) is 2.66. The first kappa shape index (κ1) is 19.2. The quantitative estimate of drug-likeness (QED) is 0.543. The van der Waals surface area contributed by atoms with E-state index in [0.29, 0.717) is 12.8 Å². The third-order valence-corrected chi connectivity index (χ3v) is 4.53. The minimum absolute atomic E-state index is 0.0738. The van der Waals surface area contributed by atoms with Gasteiger partial charge in [-0.15, -0.1) is 0 Å². The fraction of sp³-hybridized carbons (Fsp3) is 0.467. The Morgan fingerprint density at radius 3 is 2.43 bits per heavy atom. The van der Waals surface area contributed by atoms with Gasteiger partial charge in [0, 0.05) is 5.56 Å². The second-order valence-corrected chi connectivity index (χ2v) is 6.92. The lowest BCUT2D eigenvalue weighted by molar-refractivity contribution is -0.144. The number of hydrogen-bond donors (Lipinski definition) is 1. The van der Waals surface area contributed by atoms with Crippen LogP contribution < -0.4 is 4.72 Å². The predicted octanol–water partition coefficient (Wildman–Crippen LogP) is 1.66. The molecular formula is C15H20FNO5S. The van der Waals surface area contributed by atoms with Crippen LogP contribution in [0.25, 0.3) is 0 Å². The summed E-state index contributed by atoms with van der Waals surface area (Å²) < 4.78 is 43.1. The predicted molar refractivity (Wildman–Crippen MR) is 83.0 cm³/mol. The summed E-state index contributed by atoms with van der Waals surface area (Å²) in [4.78, 5) is 23.5. The zero-order valence-electron chi connectivity index (χ0n) is 13.0. The molecule has 1 N–H and O–H groups in total. The van der Waals surface area contributed by atoms with E-state index in [1.54, 1.807) is 0 Å². The monoisotopic (exact) mass is 345 g/mol. The topological polar surface area (TPSA) is 89.5 Å². The normalized spacial score (nSPS) is 12.7. The molecule has 0 bridgehead atoms. The summed E-state index contributed by atoms with van der Waals surface area (Å²) in [5, 5.41) is 0. The summed E-state index contributed by atoms with van der Waals surface area (Å²) in [5.41, 5.74) is 0.204. The van der Waals surface area contributed by atoms with Crippen molar-refractivity contribution in [3.63, 3.8) is 0 Å². The zero-order valence-corrected chi connectivity index (χ0v) is 13.9. The Hall–Kier alpha value is -1.80. The molecule has 1 aromatic carbocycles. The number of Topliss-reactive ketones (excluding diaryl/α,β-unsaturated/α-hetero) is 1. The van der Waals surface area contributed by atoms with Gasteiger partial charge in [0.25, 0.3) is 0 Å². The van der Waals surface area contributed by atoms with E-state index in [9.17, 15) is 22.4 Å². The third kappa shape index (κ3) is 6.87. The summed E-state index contributed by atoms with van der Waals surface area (Å²) in [6.07, 6.45) is 1.20. The molecule has 0 spiro atoms. The highest BCUT2D eigenvalue weighted by atomic mass is 32.2. The summed E-state index contributed by atoms with van der Waals surface area (Å²) in [5.74, 6) is -1.90. The highest BCUT2D eigenvalue weighted by molar-refractivity contribution is 7.89. The molecule has 6 nitrogen and oxygen atoms in total. The standard InChI is InChI=1S/C15H20FNO5S/c1-3-4-9-23(20,21)17-11(2)15(19)22-10-14(18)12-5-7-13(16)8-6-12/h5-8,11,17H,3-4,9-10H2,1-2H3/t11-/m0/s1. The average molecular weight is 345 g/mol. The molecule has 1 aromatic rings. The molecule has 128 valence electrons. The van der Waals surface area contributed by atoms with Crippen LogP contribution in [-0.2, 0) is 19.6 Å². The molecule has 1 rings (SSSR count). The summed E-state index contributed by atoms with van der Waals surface area (Å²) in [6, 6.07) is 3.72.